The van der Waals surface area contributed by atoms with Gasteiger partial charge in [-0.2, -0.15) is 0 Å². The number of piperidine rings is 3. The molecule has 1 aromatic rings. The number of carbonyl (C=O) groups is 4. The van der Waals surface area contributed by atoms with E-state index >= 15 is 0 Å². The fourth-order valence-corrected chi connectivity index (χ4v) is 14.5. The maximum atomic E-state index is 14.9. The van der Waals surface area contributed by atoms with Gasteiger partial charge in [-0.1, -0.05) is 77.4 Å². The second-order valence-electron chi connectivity index (χ2n) is 21.4. The Balaban J connectivity index is 0.988. The Kier molecular flexibility index (Phi) is 9.70. The summed E-state index contributed by atoms with van der Waals surface area (Å²) in [6.07, 6.45) is 12.8. The highest BCUT2D eigenvalue weighted by molar-refractivity contribution is 5.96. The van der Waals surface area contributed by atoms with Crippen molar-refractivity contribution in [2.24, 2.45) is 62.1 Å². The zero-order valence-electron chi connectivity index (χ0n) is 34.8. The van der Waals surface area contributed by atoms with E-state index < -0.39 is 5.41 Å². The molecule has 2 bridgehead atoms. The fourth-order valence-electron chi connectivity index (χ4n) is 14.5. The highest BCUT2D eigenvalue weighted by Gasteiger charge is 2.70. The van der Waals surface area contributed by atoms with Crippen LogP contribution >= 0.6 is 0 Å². The predicted octanol–water partition coefficient (Wildman–Crippen LogP) is 9.31. The molecule has 7 heteroatoms. The molecule has 300 valence electrons. The van der Waals surface area contributed by atoms with Gasteiger partial charge in [-0.3, -0.25) is 24.1 Å². The summed E-state index contributed by atoms with van der Waals surface area (Å²) in [5, 5.41) is 0. The van der Waals surface area contributed by atoms with E-state index in [-0.39, 0.29) is 99.8 Å². The lowest BCUT2D eigenvalue weighted by atomic mass is 9.33. The minimum absolute atomic E-state index is 0.0279. The molecule has 0 amide bonds. The van der Waals surface area contributed by atoms with E-state index in [4.69, 9.17) is 9.47 Å². The number of fused-ring (bicyclic) bond motifs is 10. The van der Waals surface area contributed by atoms with E-state index in [1.54, 1.807) is 0 Å². The third kappa shape index (κ3) is 6.22. The number of ketones is 2. The number of esters is 2. The van der Waals surface area contributed by atoms with Gasteiger partial charge in [-0.25, -0.2) is 0 Å². The quantitative estimate of drug-likeness (QED) is 0.245. The summed E-state index contributed by atoms with van der Waals surface area (Å²) in [5.74, 6) is 0.704. The van der Waals surface area contributed by atoms with Crippen molar-refractivity contribution in [3.05, 3.63) is 47.5 Å². The molecule has 0 radical (unpaired) electrons. The molecule has 5 aliphatic carbocycles. The molecule has 7 nitrogen and oxygen atoms in total. The lowest BCUT2D eigenvalue weighted by Crippen LogP contribution is -2.66. The molecule has 3 aliphatic heterocycles. The van der Waals surface area contributed by atoms with Crippen molar-refractivity contribution in [3.63, 3.8) is 0 Å². The highest BCUT2D eigenvalue weighted by Crippen LogP contribution is 2.75. The molecular formula is C48H67NO6. The molecule has 8 aliphatic rings. The van der Waals surface area contributed by atoms with Gasteiger partial charge in [0.05, 0.1) is 11.8 Å². The Hall–Kier alpha value is -2.80. The van der Waals surface area contributed by atoms with Crippen LogP contribution in [-0.4, -0.2) is 54.1 Å². The Morgan fingerprint density at radius 3 is 2.22 bits per heavy atom. The normalized spacial score (nSPS) is 44.2. The highest BCUT2D eigenvalue weighted by atomic mass is 16.5. The number of hydrogen-bond donors (Lipinski definition) is 0. The van der Waals surface area contributed by atoms with Crippen LogP contribution in [0.1, 0.15) is 138 Å². The van der Waals surface area contributed by atoms with Crippen LogP contribution in [0.15, 0.2) is 42.0 Å². The van der Waals surface area contributed by atoms with Crippen molar-refractivity contribution >= 4 is 23.5 Å². The minimum atomic E-state index is -0.595. The van der Waals surface area contributed by atoms with Gasteiger partial charge in [0.15, 0.2) is 5.78 Å². The zero-order valence-corrected chi connectivity index (χ0v) is 34.8. The van der Waals surface area contributed by atoms with E-state index in [0.29, 0.717) is 5.92 Å². The van der Waals surface area contributed by atoms with Gasteiger partial charge >= 0.3 is 11.9 Å². The first-order valence-electron chi connectivity index (χ1n) is 21.9. The summed E-state index contributed by atoms with van der Waals surface area (Å²) in [4.78, 5) is 58.2. The average Bonchev–Trinajstić information content (AvgIpc) is 3.15. The Morgan fingerprint density at radius 1 is 0.818 bits per heavy atom. The first-order valence-corrected chi connectivity index (χ1v) is 21.9. The van der Waals surface area contributed by atoms with Crippen LogP contribution in [0.4, 0.5) is 0 Å². The summed E-state index contributed by atoms with van der Waals surface area (Å²) in [6, 6.07) is 9.91. The minimum Gasteiger partial charge on any atom is -0.461 e. The van der Waals surface area contributed by atoms with Crippen molar-refractivity contribution in [2.75, 3.05) is 19.6 Å². The second kappa shape index (κ2) is 13.7. The predicted molar refractivity (Wildman–Crippen MR) is 212 cm³/mol. The first kappa shape index (κ1) is 39.0. The number of rotatable bonds is 8. The van der Waals surface area contributed by atoms with Crippen LogP contribution in [0.25, 0.3) is 0 Å². The van der Waals surface area contributed by atoms with Crippen molar-refractivity contribution in [2.45, 2.75) is 145 Å². The number of hydrogen-bond acceptors (Lipinski definition) is 7. The Bertz CT molecular complexity index is 1740. The zero-order chi connectivity index (χ0) is 39.2. The van der Waals surface area contributed by atoms with Gasteiger partial charge < -0.3 is 9.47 Å². The van der Waals surface area contributed by atoms with Crippen molar-refractivity contribution in [1.82, 2.24) is 4.90 Å². The van der Waals surface area contributed by atoms with Crippen LogP contribution in [-0.2, 0) is 35.3 Å². The maximum Gasteiger partial charge on any atom is 0.312 e. The number of ether oxygens (including phenoxy) is 2. The van der Waals surface area contributed by atoms with Crippen molar-refractivity contribution < 1.29 is 28.7 Å². The molecule has 10 atom stereocenters. The van der Waals surface area contributed by atoms with Gasteiger partial charge in [0, 0.05) is 24.8 Å². The van der Waals surface area contributed by atoms with Crippen LogP contribution in [0.5, 0.6) is 0 Å². The SMILES string of the molecule is CC1(C)[C@@H](C(=O)CCC(=O)O[C@H]2CN3CCC2CC3)CC[C@]2(C)[C@H]3C(=O)C=C4[C@@H]5C[C@@](C)(C(=O)OCc6ccccc6)CC[C@]5(C)CC[C@@]4(C)[C@]3(C)CC[C@@H]12. The van der Waals surface area contributed by atoms with Gasteiger partial charge in [0.1, 0.15) is 18.5 Å². The number of nitrogens with zero attached hydrogens (tertiary/aromatic N) is 1. The third-order valence-corrected chi connectivity index (χ3v) is 18.2. The molecule has 9 rings (SSSR count). The van der Waals surface area contributed by atoms with Crippen molar-refractivity contribution in [3.8, 4) is 0 Å². The van der Waals surface area contributed by atoms with Crippen LogP contribution in [0, 0.1) is 62.1 Å². The van der Waals surface area contributed by atoms with Crippen LogP contribution in [0.3, 0.4) is 0 Å². The third-order valence-electron chi connectivity index (χ3n) is 18.2. The molecule has 0 N–H and O–H groups in total. The first-order chi connectivity index (χ1) is 25.9. The summed E-state index contributed by atoms with van der Waals surface area (Å²) in [7, 11) is 0. The number of benzene rings is 1. The van der Waals surface area contributed by atoms with E-state index in [1.165, 1.54) is 5.57 Å². The van der Waals surface area contributed by atoms with Gasteiger partial charge in [-0.05, 0) is 147 Å². The fraction of sp³-hybridized carbons (Fsp3) is 0.750. The molecule has 55 heavy (non-hydrogen) atoms. The molecule has 3 heterocycles. The topological polar surface area (TPSA) is 90.0 Å². The van der Waals surface area contributed by atoms with Gasteiger partial charge in [-0.15, -0.1) is 0 Å². The van der Waals surface area contributed by atoms with Crippen molar-refractivity contribution in [1.29, 1.82) is 0 Å². The summed E-state index contributed by atoms with van der Waals surface area (Å²) < 4.78 is 11.9. The molecule has 3 saturated heterocycles. The molecule has 4 saturated carbocycles. The number of allylic oxidation sites excluding steroid dienone is 2. The molecule has 7 fully saturated rings. The maximum absolute atomic E-state index is 14.9. The lowest BCUT2D eigenvalue weighted by molar-refractivity contribution is -0.194. The second-order valence-corrected chi connectivity index (χ2v) is 21.4. The summed E-state index contributed by atoms with van der Waals surface area (Å²) >= 11 is 0. The van der Waals surface area contributed by atoms with Gasteiger partial charge in [0.2, 0.25) is 0 Å². The van der Waals surface area contributed by atoms with Gasteiger partial charge in [0.25, 0.3) is 0 Å². The van der Waals surface area contributed by atoms with E-state index in [1.807, 2.05) is 30.3 Å². The van der Waals surface area contributed by atoms with E-state index in [9.17, 15) is 19.2 Å². The molecule has 1 aromatic carbocycles. The van der Waals surface area contributed by atoms with Crippen LogP contribution < -0.4 is 0 Å². The lowest BCUT2D eigenvalue weighted by Gasteiger charge is -2.70. The Morgan fingerprint density at radius 2 is 1.53 bits per heavy atom. The summed E-state index contributed by atoms with van der Waals surface area (Å²) in [5.41, 5.74) is 0.866. The van der Waals surface area contributed by atoms with E-state index in [0.717, 1.165) is 95.8 Å². The molecule has 0 unspecified atom stereocenters. The largest absolute Gasteiger partial charge is 0.461 e. The monoisotopic (exact) mass is 753 g/mol. The average molecular weight is 754 g/mol. The number of Topliss-reactive ketones (excluding diaryl/α,β-unsaturated/α-hetero) is 1. The number of carbonyl (C=O) groups excluding carboxylic acids is 4. The standard InChI is InChI=1S/C48H67NO6/c1-43(2)33(36(50)13-14-40(52)55-38-29-49-25-17-32(38)18-26-49)15-19-46(5)39(43)16-20-48(7)41(46)37(51)27-34-35-28-45(4,22-21-44(35,3)23-24-47(34,48)6)42(53)54-30-31-11-9-8-10-12-31/h8-12,27,32-33,35,38-39,41H,13-26,28-30H2,1-7H3/t33-,35+,38+,39+,41-,44-,45+,46+,47-,48-/m1/s1. The molecule has 0 aromatic heterocycles. The smallest absolute Gasteiger partial charge is 0.312 e. The molecular weight excluding hydrogens is 687 g/mol. The van der Waals surface area contributed by atoms with Crippen LogP contribution in [0.2, 0.25) is 0 Å². The van der Waals surface area contributed by atoms with E-state index in [2.05, 4.69) is 59.4 Å². The molecule has 0 spiro atoms. The summed E-state index contributed by atoms with van der Waals surface area (Å²) in [6.45, 7) is 19.6. The Labute approximate surface area is 330 Å².